The fourth-order valence-electron chi connectivity index (χ4n) is 1.13. The standard InChI is InChI=1S/C10H17ClN2/c1-10(2,3)13-8-9(7-12-13)5-4-6-11/h7-8H,4-6H2,1-3H3. The van der Waals surface area contributed by atoms with Crippen LogP contribution in [0.25, 0.3) is 0 Å². The van der Waals surface area contributed by atoms with Crippen LogP contribution in [-0.4, -0.2) is 15.7 Å². The maximum atomic E-state index is 5.62. The summed E-state index contributed by atoms with van der Waals surface area (Å²) in [4.78, 5) is 0. The van der Waals surface area contributed by atoms with E-state index in [1.165, 1.54) is 5.56 Å². The van der Waals surface area contributed by atoms with E-state index in [1.54, 1.807) is 0 Å². The SMILES string of the molecule is CC(C)(C)n1cc(CCCCl)cn1. The molecule has 0 aromatic carbocycles. The molecule has 1 heterocycles. The molecule has 0 saturated heterocycles. The molecule has 0 saturated carbocycles. The number of nitrogens with zero attached hydrogens (tertiary/aromatic N) is 2. The maximum Gasteiger partial charge on any atom is 0.0543 e. The Labute approximate surface area is 84.9 Å². The lowest BCUT2D eigenvalue weighted by Crippen LogP contribution is -2.21. The molecule has 0 radical (unpaired) electrons. The third-order valence-corrected chi connectivity index (χ3v) is 2.19. The lowest BCUT2D eigenvalue weighted by molar-refractivity contribution is 0.355. The van der Waals surface area contributed by atoms with Crippen LogP contribution in [0.5, 0.6) is 0 Å². The van der Waals surface area contributed by atoms with E-state index in [2.05, 4.69) is 32.1 Å². The Bertz CT molecular complexity index is 260. The van der Waals surface area contributed by atoms with Crippen molar-refractivity contribution in [1.82, 2.24) is 9.78 Å². The number of rotatable bonds is 3. The molecule has 0 bridgehead atoms. The van der Waals surface area contributed by atoms with E-state index >= 15 is 0 Å². The third-order valence-electron chi connectivity index (χ3n) is 1.92. The average Bonchev–Trinajstić information content (AvgIpc) is 2.47. The second-order valence-corrected chi connectivity index (χ2v) is 4.63. The van der Waals surface area contributed by atoms with Crippen molar-refractivity contribution in [3.63, 3.8) is 0 Å². The third kappa shape index (κ3) is 3.03. The van der Waals surface area contributed by atoms with Gasteiger partial charge in [0.25, 0.3) is 0 Å². The fourth-order valence-corrected chi connectivity index (χ4v) is 1.26. The van der Waals surface area contributed by atoms with E-state index < -0.39 is 0 Å². The Balaban J connectivity index is 2.64. The minimum atomic E-state index is 0.0826. The fraction of sp³-hybridized carbons (Fsp3) is 0.700. The molecule has 0 spiro atoms. The van der Waals surface area contributed by atoms with Crippen molar-refractivity contribution in [2.24, 2.45) is 0 Å². The van der Waals surface area contributed by atoms with Gasteiger partial charge in [-0.3, -0.25) is 4.68 Å². The lowest BCUT2D eigenvalue weighted by atomic mass is 10.1. The second kappa shape index (κ2) is 4.14. The molecule has 1 aromatic heterocycles. The second-order valence-electron chi connectivity index (χ2n) is 4.26. The molecular weight excluding hydrogens is 184 g/mol. The first-order valence-electron chi connectivity index (χ1n) is 4.64. The van der Waals surface area contributed by atoms with Gasteiger partial charge in [-0.2, -0.15) is 5.10 Å². The summed E-state index contributed by atoms with van der Waals surface area (Å²) in [6.07, 6.45) is 6.08. The highest BCUT2D eigenvalue weighted by molar-refractivity contribution is 6.17. The smallest absolute Gasteiger partial charge is 0.0543 e. The first-order chi connectivity index (χ1) is 6.04. The number of aryl methyl sites for hydroxylation is 1. The minimum absolute atomic E-state index is 0.0826. The van der Waals surface area contributed by atoms with E-state index in [4.69, 9.17) is 11.6 Å². The highest BCUT2D eigenvalue weighted by atomic mass is 35.5. The number of halogens is 1. The number of hydrogen-bond acceptors (Lipinski definition) is 1. The van der Waals surface area contributed by atoms with E-state index in [1.807, 2.05) is 10.9 Å². The number of hydrogen-bond donors (Lipinski definition) is 0. The molecule has 0 fully saturated rings. The molecule has 0 N–H and O–H groups in total. The summed E-state index contributed by atoms with van der Waals surface area (Å²) in [5.74, 6) is 0.723. The van der Waals surface area contributed by atoms with Crippen LogP contribution in [-0.2, 0) is 12.0 Å². The van der Waals surface area contributed by atoms with E-state index in [9.17, 15) is 0 Å². The highest BCUT2D eigenvalue weighted by Gasteiger charge is 2.13. The van der Waals surface area contributed by atoms with Crippen molar-refractivity contribution in [3.05, 3.63) is 18.0 Å². The van der Waals surface area contributed by atoms with Gasteiger partial charge in [0.05, 0.1) is 11.7 Å². The van der Waals surface area contributed by atoms with E-state index in [-0.39, 0.29) is 5.54 Å². The van der Waals surface area contributed by atoms with Gasteiger partial charge in [0.2, 0.25) is 0 Å². The van der Waals surface area contributed by atoms with Crippen LogP contribution < -0.4 is 0 Å². The van der Waals surface area contributed by atoms with Crippen LogP contribution >= 0.6 is 11.6 Å². The quantitative estimate of drug-likeness (QED) is 0.687. The van der Waals surface area contributed by atoms with Gasteiger partial charge < -0.3 is 0 Å². The Hall–Kier alpha value is -0.500. The van der Waals surface area contributed by atoms with Gasteiger partial charge in [0.15, 0.2) is 0 Å². The van der Waals surface area contributed by atoms with E-state index in [0.717, 1.165) is 18.7 Å². The van der Waals surface area contributed by atoms with Crippen molar-refractivity contribution in [3.8, 4) is 0 Å². The molecule has 13 heavy (non-hydrogen) atoms. The topological polar surface area (TPSA) is 17.8 Å². The van der Waals surface area contributed by atoms with Crippen LogP contribution in [0.15, 0.2) is 12.4 Å². The number of alkyl halides is 1. The van der Waals surface area contributed by atoms with Crippen molar-refractivity contribution in [1.29, 1.82) is 0 Å². The predicted octanol–water partition coefficient (Wildman–Crippen LogP) is 2.81. The molecule has 74 valence electrons. The van der Waals surface area contributed by atoms with Crippen molar-refractivity contribution >= 4 is 11.6 Å². The Kier molecular flexibility index (Phi) is 3.37. The molecule has 3 heteroatoms. The molecular formula is C10H17ClN2. The zero-order valence-electron chi connectivity index (χ0n) is 8.55. The lowest BCUT2D eigenvalue weighted by Gasteiger charge is -2.18. The monoisotopic (exact) mass is 200 g/mol. The van der Waals surface area contributed by atoms with Crippen molar-refractivity contribution in [2.45, 2.75) is 39.2 Å². The maximum absolute atomic E-state index is 5.62. The van der Waals surface area contributed by atoms with E-state index in [0.29, 0.717) is 0 Å². The van der Waals surface area contributed by atoms with Crippen LogP contribution in [0.2, 0.25) is 0 Å². The van der Waals surface area contributed by atoms with Gasteiger partial charge in [0, 0.05) is 12.1 Å². The van der Waals surface area contributed by atoms with Gasteiger partial charge in [-0.25, -0.2) is 0 Å². The predicted molar refractivity (Wildman–Crippen MR) is 56.3 cm³/mol. The molecule has 0 aliphatic rings. The van der Waals surface area contributed by atoms with Crippen LogP contribution in [0, 0.1) is 0 Å². The minimum Gasteiger partial charge on any atom is -0.267 e. The Morgan fingerprint density at radius 2 is 2.15 bits per heavy atom. The average molecular weight is 201 g/mol. The summed E-state index contributed by atoms with van der Waals surface area (Å²) in [6.45, 7) is 6.43. The van der Waals surface area contributed by atoms with Crippen molar-refractivity contribution in [2.75, 3.05) is 5.88 Å². The Morgan fingerprint density at radius 1 is 1.46 bits per heavy atom. The summed E-state index contributed by atoms with van der Waals surface area (Å²) in [6, 6.07) is 0. The molecule has 0 aliphatic heterocycles. The zero-order valence-corrected chi connectivity index (χ0v) is 9.30. The summed E-state index contributed by atoms with van der Waals surface area (Å²) in [7, 11) is 0. The first-order valence-corrected chi connectivity index (χ1v) is 5.17. The molecule has 1 rings (SSSR count). The van der Waals surface area contributed by atoms with Crippen LogP contribution in [0.1, 0.15) is 32.8 Å². The van der Waals surface area contributed by atoms with Crippen LogP contribution in [0.3, 0.4) is 0 Å². The van der Waals surface area contributed by atoms with Gasteiger partial charge in [-0.1, -0.05) is 0 Å². The normalized spacial score (nSPS) is 12.0. The molecule has 0 atom stereocenters. The van der Waals surface area contributed by atoms with Gasteiger partial charge in [-0.05, 0) is 39.2 Å². The highest BCUT2D eigenvalue weighted by Crippen LogP contribution is 2.13. The summed E-state index contributed by atoms with van der Waals surface area (Å²) < 4.78 is 2.00. The Morgan fingerprint density at radius 3 is 2.62 bits per heavy atom. The zero-order chi connectivity index (χ0) is 9.90. The molecule has 0 aliphatic carbocycles. The molecule has 0 unspecified atom stereocenters. The number of aromatic nitrogens is 2. The summed E-state index contributed by atoms with van der Waals surface area (Å²) in [5, 5.41) is 4.31. The molecule has 0 amide bonds. The largest absolute Gasteiger partial charge is 0.267 e. The van der Waals surface area contributed by atoms with Crippen molar-refractivity contribution < 1.29 is 0 Å². The van der Waals surface area contributed by atoms with Crippen LogP contribution in [0.4, 0.5) is 0 Å². The van der Waals surface area contributed by atoms with Gasteiger partial charge in [-0.15, -0.1) is 11.6 Å². The molecule has 1 aromatic rings. The summed E-state index contributed by atoms with van der Waals surface area (Å²) >= 11 is 5.62. The van der Waals surface area contributed by atoms with Gasteiger partial charge in [0.1, 0.15) is 0 Å². The molecule has 2 nitrogen and oxygen atoms in total. The van der Waals surface area contributed by atoms with Gasteiger partial charge >= 0.3 is 0 Å². The summed E-state index contributed by atoms with van der Waals surface area (Å²) in [5.41, 5.74) is 1.36. The first kappa shape index (κ1) is 10.6.